The Hall–Kier alpha value is -1.31. The van der Waals surface area contributed by atoms with Gasteiger partial charge in [0.05, 0.1) is 11.4 Å². The molecular formula is C16H24ClN3O3S. The topological polar surface area (TPSA) is 92.5 Å². The molecule has 1 saturated heterocycles. The number of nitrogens with one attached hydrogen (secondary N) is 1. The van der Waals surface area contributed by atoms with Crippen molar-refractivity contribution >= 4 is 34.0 Å². The van der Waals surface area contributed by atoms with Gasteiger partial charge in [0, 0.05) is 24.2 Å². The molecule has 0 atom stereocenters. The van der Waals surface area contributed by atoms with E-state index in [1.54, 1.807) is 24.3 Å². The van der Waals surface area contributed by atoms with Crippen molar-refractivity contribution in [1.29, 1.82) is 0 Å². The number of benzene rings is 1. The third-order valence-corrected chi connectivity index (χ3v) is 6.47. The summed E-state index contributed by atoms with van der Waals surface area (Å²) >= 11 is 0. The maximum Gasteiger partial charge on any atom is 0.251 e. The third-order valence-electron chi connectivity index (χ3n) is 4.60. The van der Waals surface area contributed by atoms with E-state index in [0.717, 1.165) is 25.7 Å². The molecular weight excluding hydrogens is 350 g/mol. The van der Waals surface area contributed by atoms with Crippen LogP contribution in [0.25, 0.3) is 0 Å². The molecule has 2 fully saturated rings. The second kappa shape index (κ2) is 7.72. The molecule has 0 radical (unpaired) electrons. The Bertz CT molecular complexity index is 688. The number of nitrogens with two attached hydrogens (primary N) is 1. The Morgan fingerprint density at radius 1 is 1.21 bits per heavy atom. The summed E-state index contributed by atoms with van der Waals surface area (Å²) in [6.45, 7) is 0.480. The molecule has 134 valence electrons. The zero-order valence-corrected chi connectivity index (χ0v) is 15.1. The minimum atomic E-state index is -3.23. The van der Waals surface area contributed by atoms with Gasteiger partial charge in [0.25, 0.3) is 5.91 Å². The number of anilines is 1. The first-order valence-electron chi connectivity index (χ1n) is 8.12. The molecule has 0 spiro atoms. The van der Waals surface area contributed by atoms with Gasteiger partial charge in [-0.05, 0) is 50.3 Å². The van der Waals surface area contributed by atoms with Crippen molar-refractivity contribution in [2.45, 2.75) is 44.2 Å². The van der Waals surface area contributed by atoms with Gasteiger partial charge in [0.1, 0.15) is 0 Å². The molecule has 6 nitrogen and oxygen atoms in total. The molecule has 3 rings (SSSR count). The van der Waals surface area contributed by atoms with Crippen LogP contribution in [0.1, 0.15) is 42.5 Å². The highest BCUT2D eigenvalue weighted by Crippen LogP contribution is 2.25. The smallest absolute Gasteiger partial charge is 0.251 e. The number of carbonyl (C=O) groups is 1. The first-order valence-corrected chi connectivity index (χ1v) is 9.73. The first kappa shape index (κ1) is 19.0. The fraction of sp³-hybridized carbons (Fsp3) is 0.562. The van der Waals surface area contributed by atoms with E-state index in [1.807, 2.05) is 0 Å². The lowest BCUT2D eigenvalue weighted by Gasteiger charge is -2.27. The molecule has 1 aromatic rings. The molecule has 0 unspecified atom stereocenters. The summed E-state index contributed by atoms with van der Waals surface area (Å²) < 4.78 is 25.4. The van der Waals surface area contributed by atoms with Crippen molar-refractivity contribution in [3.63, 3.8) is 0 Å². The van der Waals surface area contributed by atoms with Crippen LogP contribution < -0.4 is 15.4 Å². The zero-order chi connectivity index (χ0) is 16.4. The summed E-state index contributed by atoms with van der Waals surface area (Å²) in [4.78, 5) is 12.4. The van der Waals surface area contributed by atoms with E-state index < -0.39 is 10.0 Å². The summed E-state index contributed by atoms with van der Waals surface area (Å²) in [5.41, 5.74) is 6.95. The third kappa shape index (κ3) is 4.20. The van der Waals surface area contributed by atoms with E-state index in [0.29, 0.717) is 24.2 Å². The standard InChI is InChI=1S/C16H23N3O3S.ClH/c17-13-5-7-14(8-6-13)18-16(20)12-3-1-4-15(11-12)19-9-2-10-23(19,21)22;/h1,3-4,11,13-14H,2,5-10,17H2,(H,18,20);1H. The van der Waals surface area contributed by atoms with Gasteiger partial charge >= 0.3 is 0 Å². The molecule has 2 aliphatic rings. The zero-order valence-electron chi connectivity index (χ0n) is 13.5. The maximum atomic E-state index is 12.4. The van der Waals surface area contributed by atoms with Gasteiger partial charge in [0.2, 0.25) is 10.0 Å². The van der Waals surface area contributed by atoms with Crippen LogP contribution >= 0.6 is 12.4 Å². The molecule has 3 N–H and O–H groups in total. The summed E-state index contributed by atoms with van der Waals surface area (Å²) in [6, 6.07) is 7.24. The van der Waals surface area contributed by atoms with Crippen LogP contribution in [0.4, 0.5) is 5.69 Å². The van der Waals surface area contributed by atoms with Crippen LogP contribution in [0, 0.1) is 0 Å². The molecule has 24 heavy (non-hydrogen) atoms. The van der Waals surface area contributed by atoms with Crippen molar-refractivity contribution in [3.05, 3.63) is 29.8 Å². The Morgan fingerprint density at radius 2 is 1.92 bits per heavy atom. The van der Waals surface area contributed by atoms with E-state index in [4.69, 9.17) is 5.73 Å². The number of halogens is 1. The number of sulfonamides is 1. The minimum absolute atomic E-state index is 0. The molecule has 8 heteroatoms. The van der Waals surface area contributed by atoms with Crippen molar-refractivity contribution in [2.24, 2.45) is 5.73 Å². The minimum Gasteiger partial charge on any atom is -0.349 e. The average molecular weight is 374 g/mol. The number of nitrogens with zero attached hydrogens (tertiary/aromatic N) is 1. The number of rotatable bonds is 3. The summed E-state index contributed by atoms with van der Waals surface area (Å²) in [5.74, 6) is 0.0232. The van der Waals surface area contributed by atoms with Crippen LogP contribution in [0.15, 0.2) is 24.3 Å². The quantitative estimate of drug-likeness (QED) is 0.842. The predicted molar refractivity (Wildman–Crippen MR) is 97.1 cm³/mol. The summed E-state index contributed by atoms with van der Waals surface area (Å²) in [6.07, 6.45) is 4.27. The lowest BCUT2D eigenvalue weighted by Crippen LogP contribution is -2.40. The molecule has 1 aromatic carbocycles. The van der Waals surface area contributed by atoms with E-state index in [9.17, 15) is 13.2 Å². The molecule has 0 aromatic heterocycles. The highest BCUT2D eigenvalue weighted by molar-refractivity contribution is 7.93. The van der Waals surface area contributed by atoms with Gasteiger partial charge in [-0.15, -0.1) is 12.4 Å². The van der Waals surface area contributed by atoms with Crippen molar-refractivity contribution in [1.82, 2.24) is 5.32 Å². The van der Waals surface area contributed by atoms with E-state index in [-0.39, 0.29) is 36.2 Å². The van der Waals surface area contributed by atoms with E-state index in [1.165, 1.54) is 4.31 Å². The highest BCUT2D eigenvalue weighted by Gasteiger charge is 2.29. The number of carbonyl (C=O) groups excluding carboxylic acids is 1. The second-order valence-electron chi connectivity index (χ2n) is 6.38. The first-order chi connectivity index (χ1) is 11.0. The summed E-state index contributed by atoms with van der Waals surface area (Å²) in [5, 5.41) is 3.03. The van der Waals surface area contributed by atoms with Gasteiger partial charge in [-0.25, -0.2) is 8.42 Å². The van der Waals surface area contributed by atoms with Gasteiger partial charge in [-0.2, -0.15) is 0 Å². The SMILES string of the molecule is Cl.NC1CCC(NC(=O)c2cccc(N3CCCS3(=O)=O)c2)CC1. The van der Waals surface area contributed by atoms with Crippen molar-refractivity contribution in [2.75, 3.05) is 16.6 Å². The van der Waals surface area contributed by atoms with Gasteiger partial charge in [-0.1, -0.05) is 6.07 Å². The number of hydrogen-bond donors (Lipinski definition) is 2. The van der Waals surface area contributed by atoms with Gasteiger partial charge < -0.3 is 11.1 Å². The number of amides is 1. The van der Waals surface area contributed by atoms with Gasteiger partial charge in [-0.3, -0.25) is 9.10 Å². The molecule has 1 amide bonds. The maximum absolute atomic E-state index is 12.4. The fourth-order valence-electron chi connectivity index (χ4n) is 3.26. The van der Waals surface area contributed by atoms with Crippen molar-refractivity contribution < 1.29 is 13.2 Å². The van der Waals surface area contributed by atoms with Crippen LogP contribution in [-0.2, 0) is 10.0 Å². The van der Waals surface area contributed by atoms with Crippen LogP contribution in [0.2, 0.25) is 0 Å². The number of hydrogen-bond acceptors (Lipinski definition) is 4. The van der Waals surface area contributed by atoms with Crippen molar-refractivity contribution in [3.8, 4) is 0 Å². The average Bonchev–Trinajstić information content (AvgIpc) is 2.89. The largest absolute Gasteiger partial charge is 0.349 e. The lowest BCUT2D eigenvalue weighted by molar-refractivity contribution is 0.0926. The molecule has 0 bridgehead atoms. The van der Waals surface area contributed by atoms with Crippen LogP contribution in [0.5, 0.6) is 0 Å². The van der Waals surface area contributed by atoms with E-state index in [2.05, 4.69) is 5.32 Å². The van der Waals surface area contributed by atoms with Crippen LogP contribution in [-0.4, -0.2) is 38.7 Å². The Balaban J connectivity index is 0.00000208. The van der Waals surface area contributed by atoms with E-state index >= 15 is 0 Å². The fourth-order valence-corrected chi connectivity index (χ4v) is 4.82. The molecule has 1 saturated carbocycles. The molecule has 1 heterocycles. The second-order valence-corrected chi connectivity index (χ2v) is 8.39. The molecule has 1 aliphatic carbocycles. The highest BCUT2D eigenvalue weighted by atomic mass is 35.5. The molecule has 1 aliphatic heterocycles. The van der Waals surface area contributed by atoms with Gasteiger partial charge in [0.15, 0.2) is 0 Å². The van der Waals surface area contributed by atoms with Crippen LogP contribution in [0.3, 0.4) is 0 Å². The Labute approximate surface area is 149 Å². The predicted octanol–water partition coefficient (Wildman–Crippen LogP) is 1.65. The lowest BCUT2D eigenvalue weighted by atomic mass is 9.91. The Morgan fingerprint density at radius 3 is 2.54 bits per heavy atom. The Kier molecular flexibility index (Phi) is 6.11. The normalized spacial score (nSPS) is 25.8. The summed E-state index contributed by atoms with van der Waals surface area (Å²) in [7, 11) is -3.23. The monoisotopic (exact) mass is 373 g/mol.